The zero-order chi connectivity index (χ0) is 11.8. The second kappa shape index (κ2) is 3.73. The quantitative estimate of drug-likeness (QED) is 0.676. The Bertz CT molecular complexity index is 666. The summed E-state index contributed by atoms with van der Waals surface area (Å²) in [6.07, 6.45) is 1.79. The van der Waals surface area contributed by atoms with Crippen LogP contribution >= 0.6 is 0 Å². The molecule has 4 heteroatoms. The molecule has 0 aliphatic carbocycles. The molecular formula is C13H13N3O. The molecule has 0 spiro atoms. The van der Waals surface area contributed by atoms with E-state index in [4.69, 9.17) is 4.42 Å². The standard InChI is InChI=1S/C13H13N3O/c1-3-16-12-10(5-4-8-14-12)15-13(16)11-7-6-9(2)17-11/h4-8H,3H2,1-2H3. The van der Waals surface area contributed by atoms with E-state index in [2.05, 4.69) is 21.5 Å². The molecule has 0 bridgehead atoms. The van der Waals surface area contributed by atoms with Crippen molar-refractivity contribution in [2.24, 2.45) is 0 Å². The van der Waals surface area contributed by atoms with Crippen molar-refractivity contribution >= 4 is 11.2 Å². The van der Waals surface area contributed by atoms with Gasteiger partial charge in [-0.25, -0.2) is 9.97 Å². The van der Waals surface area contributed by atoms with Crippen LogP contribution in [0, 0.1) is 6.92 Å². The Morgan fingerprint density at radius 2 is 2.18 bits per heavy atom. The second-order valence-corrected chi connectivity index (χ2v) is 3.94. The van der Waals surface area contributed by atoms with Gasteiger partial charge in [0.25, 0.3) is 0 Å². The summed E-state index contributed by atoms with van der Waals surface area (Å²) < 4.78 is 7.69. The largest absolute Gasteiger partial charge is 0.458 e. The number of hydrogen-bond donors (Lipinski definition) is 0. The van der Waals surface area contributed by atoms with Crippen molar-refractivity contribution in [3.63, 3.8) is 0 Å². The summed E-state index contributed by atoms with van der Waals surface area (Å²) in [5.74, 6) is 2.53. The third kappa shape index (κ3) is 1.53. The number of aryl methyl sites for hydroxylation is 2. The molecule has 86 valence electrons. The zero-order valence-electron chi connectivity index (χ0n) is 9.84. The Morgan fingerprint density at radius 1 is 1.29 bits per heavy atom. The molecule has 0 saturated heterocycles. The maximum Gasteiger partial charge on any atom is 0.178 e. The van der Waals surface area contributed by atoms with E-state index in [0.29, 0.717) is 0 Å². The Balaban J connectivity index is 2.29. The van der Waals surface area contributed by atoms with Crippen LogP contribution < -0.4 is 0 Å². The van der Waals surface area contributed by atoms with Crippen LogP contribution in [0.3, 0.4) is 0 Å². The summed E-state index contributed by atoms with van der Waals surface area (Å²) in [6.45, 7) is 4.83. The molecule has 3 heterocycles. The van der Waals surface area contributed by atoms with Crippen LogP contribution in [0.1, 0.15) is 12.7 Å². The minimum Gasteiger partial charge on any atom is -0.458 e. The highest BCUT2D eigenvalue weighted by molar-refractivity contribution is 5.75. The van der Waals surface area contributed by atoms with E-state index in [1.54, 1.807) is 6.20 Å². The van der Waals surface area contributed by atoms with Crippen LogP contribution in [0.2, 0.25) is 0 Å². The monoisotopic (exact) mass is 227 g/mol. The summed E-state index contributed by atoms with van der Waals surface area (Å²) in [6, 6.07) is 7.76. The van der Waals surface area contributed by atoms with Gasteiger partial charge in [-0.15, -0.1) is 0 Å². The Morgan fingerprint density at radius 3 is 2.88 bits per heavy atom. The number of aromatic nitrogens is 3. The highest BCUT2D eigenvalue weighted by Crippen LogP contribution is 2.24. The maximum atomic E-state index is 5.63. The second-order valence-electron chi connectivity index (χ2n) is 3.94. The molecule has 17 heavy (non-hydrogen) atoms. The van der Waals surface area contributed by atoms with Gasteiger partial charge >= 0.3 is 0 Å². The van der Waals surface area contributed by atoms with Gasteiger partial charge in [0.05, 0.1) is 0 Å². The van der Waals surface area contributed by atoms with Crippen molar-refractivity contribution in [1.29, 1.82) is 0 Å². The van der Waals surface area contributed by atoms with E-state index in [9.17, 15) is 0 Å². The molecule has 0 aliphatic rings. The van der Waals surface area contributed by atoms with Gasteiger partial charge in [0.2, 0.25) is 0 Å². The molecule has 0 saturated carbocycles. The van der Waals surface area contributed by atoms with Gasteiger partial charge in [0.15, 0.2) is 17.2 Å². The highest BCUT2D eigenvalue weighted by Gasteiger charge is 2.14. The normalized spacial score (nSPS) is 11.2. The van der Waals surface area contributed by atoms with E-state index in [1.807, 2.05) is 31.2 Å². The maximum absolute atomic E-state index is 5.63. The molecule has 0 fully saturated rings. The first-order chi connectivity index (χ1) is 8.29. The van der Waals surface area contributed by atoms with Gasteiger partial charge in [-0.3, -0.25) is 0 Å². The minimum absolute atomic E-state index is 0.794. The lowest BCUT2D eigenvalue weighted by molar-refractivity contribution is 0.540. The number of rotatable bonds is 2. The molecule has 3 aromatic rings. The topological polar surface area (TPSA) is 43.9 Å². The van der Waals surface area contributed by atoms with Gasteiger partial charge in [-0.2, -0.15) is 0 Å². The molecule has 0 aromatic carbocycles. The lowest BCUT2D eigenvalue weighted by Crippen LogP contribution is -1.97. The lowest BCUT2D eigenvalue weighted by Gasteiger charge is -2.02. The highest BCUT2D eigenvalue weighted by atomic mass is 16.3. The summed E-state index contributed by atoms with van der Waals surface area (Å²) in [5.41, 5.74) is 1.80. The average Bonchev–Trinajstić information content (AvgIpc) is 2.91. The summed E-state index contributed by atoms with van der Waals surface area (Å²) >= 11 is 0. The minimum atomic E-state index is 0.794. The van der Waals surface area contributed by atoms with Crippen LogP contribution in [0.25, 0.3) is 22.7 Å². The van der Waals surface area contributed by atoms with Crippen LogP contribution in [0.4, 0.5) is 0 Å². The number of hydrogen-bond acceptors (Lipinski definition) is 3. The van der Waals surface area contributed by atoms with E-state index in [0.717, 1.165) is 35.1 Å². The fourth-order valence-corrected chi connectivity index (χ4v) is 2.00. The van der Waals surface area contributed by atoms with E-state index in [1.165, 1.54) is 0 Å². The first-order valence-corrected chi connectivity index (χ1v) is 5.67. The van der Waals surface area contributed by atoms with E-state index >= 15 is 0 Å². The third-order valence-electron chi connectivity index (χ3n) is 2.78. The molecule has 3 aromatic heterocycles. The van der Waals surface area contributed by atoms with Crippen LogP contribution in [0.5, 0.6) is 0 Å². The molecule has 0 amide bonds. The Labute approximate surface area is 98.9 Å². The molecule has 0 radical (unpaired) electrons. The average molecular weight is 227 g/mol. The predicted octanol–water partition coefficient (Wildman–Crippen LogP) is 3.02. The zero-order valence-corrected chi connectivity index (χ0v) is 9.84. The van der Waals surface area contributed by atoms with Crippen molar-refractivity contribution in [3.8, 4) is 11.6 Å². The molecule has 0 unspecified atom stereocenters. The Kier molecular flexibility index (Phi) is 2.21. The smallest absolute Gasteiger partial charge is 0.178 e. The molecule has 3 rings (SSSR count). The van der Waals surface area contributed by atoms with Crippen molar-refractivity contribution < 1.29 is 4.42 Å². The number of pyridine rings is 1. The number of nitrogens with zero attached hydrogens (tertiary/aromatic N) is 3. The predicted molar refractivity (Wildman–Crippen MR) is 65.6 cm³/mol. The number of fused-ring (bicyclic) bond motifs is 1. The van der Waals surface area contributed by atoms with Crippen LogP contribution in [-0.2, 0) is 6.54 Å². The molecule has 0 atom stereocenters. The molecule has 0 N–H and O–H groups in total. The fraction of sp³-hybridized carbons (Fsp3) is 0.231. The Hall–Kier alpha value is -2.10. The van der Waals surface area contributed by atoms with Gasteiger partial charge in [-0.1, -0.05) is 0 Å². The van der Waals surface area contributed by atoms with Gasteiger partial charge in [-0.05, 0) is 38.1 Å². The van der Waals surface area contributed by atoms with E-state index < -0.39 is 0 Å². The van der Waals surface area contributed by atoms with Crippen molar-refractivity contribution in [2.75, 3.05) is 0 Å². The molecule has 0 aliphatic heterocycles. The van der Waals surface area contributed by atoms with Gasteiger partial charge < -0.3 is 8.98 Å². The summed E-state index contributed by atoms with van der Waals surface area (Å²) in [7, 11) is 0. The lowest BCUT2D eigenvalue weighted by atomic mass is 10.4. The number of furan rings is 1. The first kappa shape index (κ1) is 10.1. The fourth-order valence-electron chi connectivity index (χ4n) is 2.00. The van der Waals surface area contributed by atoms with Gasteiger partial charge in [0.1, 0.15) is 11.3 Å². The van der Waals surface area contributed by atoms with Crippen LogP contribution in [0.15, 0.2) is 34.9 Å². The summed E-state index contributed by atoms with van der Waals surface area (Å²) in [4.78, 5) is 8.94. The SMILES string of the molecule is CCn1c(-c2ccc(C)o2)nc2cccnc21. The molecule has 4 nitrogen and oxygen atoms in total. The number of imidazole rings is 1. The van der Waals surface area contributed by atoms with Crippen molar-refractivity contribution in [3.05, 3.63) is 36.2 Å². The van der Waals surface area contributed by atoms with Crippen LogP contribution in [-0.4, -0.2) is 14.5 Å². The van der Waals surface area contributed by atoms with E-state index in [-0.39, 0.29) is 0 Å². The van der Waals surface area contributed by atoms with Gasteiger partial charge in [0, 0.05) is 12.7 Å². The first-order valence-electron chi connectivity index (χ1n) is 5.67. The molecular weight excluding hydrogens is 214 g/mol. The summed E-state index contributed by atoms with van der Waals surface area (Å²) in [5, 5.41) is 0. The van der Waals surface area contributed by atoms with Crippen molar-refractivity contribution in [2.45, 2.75) is 20.4 Å². The third-order valence-corrected chi connectivity index (χ3v) is 2.78. The van der Waals surface area contributed by atoms with Crippen molar-refractivity contribution in [1.82, 2.24) is 14.5 Å².